The monoisotopic (exact) mass is 264 g/mol. The smallest absolute Gasteiger partial charge is 0.260 e. The topological polar surface area (TPSA) is 64.4 Å². The third kappa shape index (κ3) is 6.94. The van der Waals surface area contributed by atoms with Crippen LogP contribution >= 0.6 is 0 Å². The molecule has 0 aliphatic carbocycles. The van der Waals surface area contributed by atoms with Gasteiger partial charge >= 0.3 is 0 Å². The lowest BCUT2D eigenvalue weighted by Gasteiger charge is -2.12. The number of benzene rings is 1. The SMILES string of the molecule is CCCCCCC(N)C(=O)NOCc1ccccc1. The Morgan fingerprint density at radius 1 is 1.26 bits per heavy atom. The number of nitrogens with one attached hydrogen (secondary N) is 1. The highest BCUT2D eigenvalue weighted by Gasteiger charge is 2.12. The van der Waals surface area contributed by atoms with Crippen molar-refractivity contribution in [2.75, 3.05) is 0 Å². The Kier molecular flexibility index (Phi) is 7.86. The second kappa shape index (κ2) is 9.53. The van der Waals surface area contributed by atoms with Crippen molar-refractivity contribution in [1.29, 1.82) is 0 Å². The van der Waals surface area contributed by atoms with Crippen LogP contribution < -0.4 is 11.2 Å². The first-order chi connectivity index (χ1) is 9.24. The summed E-state index contributed by atoms with van der Waals surface area (Å²) in [5.74, 6) is -0.243. The molecule has 0 aliphatic rings. The van der Waals surface area contributed by atoms with E-state index in [1.165, 1.54) is 12.8 Å². The number of hydrogen-bond donors (Lipinski definition) is 2. The maximum atomic E-state index is 11.6. The molecule has 4 nitrogen and oxygen atoms in total. The first-order valence-corrected chi connectivity index (χ1v) is 6.95. The van der Waals surface area contributed by atoms with E-state index >= 15 is 0 Å². The van der Waals surface area contributed by atoms with Crippen LogP contribution in [-0.4, -0.2) is 11.9 Å². The minimum atomic E-state index is -0.479. The highest BCUT2D eigenvalue weighted by atomic mass is 16.6. The van der Waals surface area contributed by atoms with E-state index < -0.39 is 6.04 Å². The molecule has 106 valence electrons. The normalized spacial score (nSPS) is 12.1. The average molecular weight is 264 g/mol. The van der Waals surface area contributed by atoms with E-state index in [4.69, 9.17) is 10.6 Å². The van der Waals surface area contributed by atoms with Gasteiger partial charge in [-0.05, 0) is 12.0 Å². The predicted molar refractivity (Wildman–Crippen MR) is 76.1 cm³/mol. The number of amides is 1. The molecule has 0 saturated heterocycles. The second-order valence-corrected chi connectivity index (χ2v) is 4.70. The summed E-state index contributed by atoms with van der Waals surface area (Å²) in [5.41, 5.74) is 9.21. The van der Waals surface area contributed by atoms with Crippen LogP contribution in [0.2, 0.25) is 0 Å². The van der Waals surface area contributed by atoms with Gasteiger partial charge in [-0.3, -0.25) is 9.63 Å². The fraction of sp³-hybridized carbons (Fsp3) is 0.533. The van der Waals surface area contributed by atoms with E-state index in [9.17, 15) is 4.79 Å². The summed E-state index contributed by atoms with van der Waals surface area (Å²) in [5, 5.41) is 0. The van der Waals surface area contributed by atoms with Crippen molar-refractivity contribution in [2.45, 2.75) is 51.7 Å². The third-order valence-electron chi connectivity index (χ3n) is 2.96. The maximum Gasteiger partial charge on any atom is 0.260 e. The molecule has 4 heteroatoms. The second-order valence-electron chi connectivity index (χ2n) is 4.70. The molecule has 1 unspecified atom stereocenters. The maximum absolute atomic E-state index is 11.6. The number of rotatable bonds is 9. The summed E-state index contributed by atoms with van der Waals surface area (Å²) in [6.45, 7) is 2.51. The molecule has 1 rings (SSSR count). The molecule has 0 aliphatic heterocycles. The van der Waals surface area contributed by atoms with Crippen LogP contribution in [0.4, 0.5) is 0 Å². The summed E-state index contributed by atoms with van der Waals surface area (Å²) in [4.78, 5) is 16.8. The lowest BCUT2D eigenvalue weighted by Crippen LogP contribution is -2.40. The van der Waals surface area contributed by atoms with Crippen molar-refractivity contribution in [2.24, 2.45) is 5.73 Å². The van der Waals surface area contributed by atoms with Crippen LogP contribution in [0.1, 0.15) is 44.6 Å². The molecule has 0 fully saturated rings. The van der Waals surface area contributed by atoms with E-state index in [1.54, 1.807) is 0 Å². The Labute approximate surface area is 115 Å². The summed E-state index contributed by atoms with van der Waals surface area (Å²) >= 11 is 0. The van der Waals surface area contributed by atoms with Crippen molar-refractivity contribution in [3.05, 3.63) is 35.9 Å². The number of hydrogen-bond acceptors (Lipinski definition) is 3. The zero-order valence-electron chi connectivity index (χ0n) is 11.6. The van der Waals surface area contributed by atoms with Gasteiger partial charge in [-0.2, -0.15) is 0 Å². The Bertz CT molecular complexity index is 354. The Morgan fingerprint density at radius 3 is 2.68 bits per heavy atom. The number of unbranched alkanes of at least 4 members (excludes halogenated alkanes) is 3. The van der Waals surface area contributed by atoms with Crippen molar-refractivity contribution in [1.82, 2.24) is 5.48 Å². The highest BCUT2D eigenvalue weighted by Crippen LogP contribution is 2.04. The minimum Gasteiger partial charge on any atom is -0.320 e. The fourth-order valence-corrected chi connectivity index (χ4v) is 1.76. The van der Waals surface area contributed by atoms with Crippen LogP contribution in [-0.2, 0) is 16.2 Å². The molecular formula is C15H24N2O2. The van der Waals surface area contributed by atoms with Gasteiger partial charge < -0.3 is 5.73 Å². The van der Waals surface area contributed by atoms with E-state index in [1.807, 2.05) is 30.3 Å². The average Bonchev–Trinajstić information content (AvgIpc) is 2.44. The molecule has 1 aromatic carbocycles. The van der Waals surface area contributed by atoms with Gasteiger partial charge in [0.25, 0.3) is 5.91 Å². The van der Waals surface area contributed by atoms with Gasteiger partial charge in [0.2, 0.25) is 0 Å². The molecule has 1 amide bonds. The Hall–Kier alpha value is -1.39. The summed E-state index contributed by atoms with van der Waals surface area (Å²) in [7, 11) is 0. The largest absolute Gasteiger partial charge is 0.320 e. The van der Waals surface area contributed by atoms with Gasteiger partial charge in [0.1, 0.15) is 0 Å². The Morgan fingerprint density at radius 2 is 2.00 bits per heavy atom. The van der Waals surface area contributed by atoms with Gasteiger partial charge in [-0.25, -0.2) is 5.48 Å². The van der Waals surface area contributed by atoms with Crippen molar-refractivity contribution in [3.63, 3.8) is 0 Å². The van der Waals surface area contributed by atoms with Crippen LogP contribution in [0.25, 0.3) is 0 Å². The molecule has 1 aromatic rings. The van der Waals surface area contributed by atoms with E-state index in [2.05, 4.69) is 12.4 Å². The first kappa shape index (κ1) is 15.7. The molecule has 0 aromatic heterocycles. The zero-order valence-corrected chi connectivity index (χ0v) is 11.6. The highest BCUT2D eigenvalue weighted by molar-refractivity contribution is 5.80. The van der Waals surface area contributed by atoms with Gasteiger partial charge in [0.15, 0.2) is 0 Å². The Balaban J connectivity index is 2.13. The first-order valence-electron chi connectivity index (χ1n) is 6.95. The van der Waals surface area contributed by atoms with Crippen molar-refractivity contribution >= 4 is 5.91 Å². The predicted octanol–water partition coefficient (Wildman–Crippen LogP) is 2.53. The molecule has 0 radical (unpaired) electrons. The number of hydroxylamine groups is 1. The van der Waals surface area contributed by atoms with Crippen LogP contribution in [0.3, 0.4) is 0 Å². The molecule has 3 N–H and O–H groups in total. The van der Waals surface area contributed by atoms with Gasteiger partial charge in [-0.15, -0.1) is 0 Å². The molecule has 0 heterocycles. The molecule has 1 atom stereocenters. The number of carbonyl (C=O) groups is 1. The molecule has 0 spiro atoms. The standard InChI is InChI=1S/C15H24N2O2/c1-2-3-4-8-11-14(16)15(18)17-19-12-13-9-6-5-7-10-13/h5-7,9-10,14H,2-4,8,11-12,16H2,1H3,(H,17,18). The lowest BCUT2D eigenvalue weighted by atomic mass is 10.1. The van der Waals surface area contributed by atoms with E-state index in [0.717, 1.165) is 18.4 Å². The number of carbonyl (C=O) groups excluding carboxylic acids is 1. The van der Waals surface area contributed by atoms with Crippen LogP contribution in [0.15, 0.2) is 30.3 Å². The van der Waals surface area contributed by atoms with Gasteiger partial charge in [0.05, 0.1) is 12.6 Å². The summed E-state index contributed by atoms with van der Waals surface area (Å²) in [6, 6.07) is 9.20. The fourth-order valence-electron chi connectivity index (χ4n) is 1.76. The van der Waals surface area contributed by atoms with Gasteiger partial charge in [0, 0.05) is 0 Å². The third-order valence-corrected chi connectivity index (χ3v) is 2.96. The van der Waals surface area contributed by atoms with Crippen LogP contribution in [0, 0.1) is 0 Å². The zero-order chi connectivity index (χ0) is 13.9. The van der Waals surface area contributed by atoms with Gasteiger partial charge in [-0.1, -0.05) is 62.9 Å². The number of nitrogens with two attached hydrogens (primary N) is 1. The molecule has 19 heavy (non-hydrogen) atoms. The van der Waals surface area contributed by atoms with E-state index in [0.29, 0.717) is 13.0 Å². The lowest BCUT2D eigenvalue weighted by molar-refractivity contribution is -0.136. The van der Waals surface area contributed by atoms with Crippen molar-refractivity contribution in [3.8, 4) is 0 Å². The van der Waals surface area contributed by atoms with Crippen molar-refractivity contribution < 1.29 is 9.63 Å². The summed E-state index contributed by atoms with van der Waals surface area (Å²) < 4.78 is 0. The quantitative estimate of drug-likeness (QED) is 0.532. The minimum absolute atomic E-state index is 0.243. The molecule has 0 bridgehead atoms. The molecular weight excluding hydrogens is 240 g/mol. The molecule has 0 saturated carbocycles. The summed E-state index contributed by atoms with van der Waals surface area (Å²) in [6.07, 6.45) is 5.20. The van der Waals surface area contributed by atoms with Crippen LogP contribution in [0.5, 0.6) is 0 Å². The van der Waals surface area contributed by atoms with E-state index in [-0.39, 0.29) is 5.91 Å².